The van der Waals surface area contributed by atoms with Crippen molar-refractivity contribution in [3.63, 3.8) is 0 Å². The van der Waals surface area contributed by atoms with Gasteiger partial charge in [0.2, 0.25) is 5.13 Å². The first-order chi connectivity index (χ1) is 11.8. The van der Waals surface area contributed by atoms with Gasteiger partial charge < -0.3 is 5.32 Å². The number of carbonyl (C=O) groups excluding carboxylic acids is 1. The average molecular weight is 397 g/mol. The van der Waals surface area contributed by atoms with E-state index in [0.29, 0.717) is 16.9 Å². The largest absolute Gasteiger partial charge is 0.315 e. The quantitative estimate of drug-likeness (QED) is 0.707. The molecule has 4 heterocycles. The van der Waals surface area contributed by atoms with E-state index in [2.05, 4.69) is 25.9 Å². The normalized spacial score (nSPS) is 17.0. The van der Waals surface area contributed by atoms with Crippen molar-refractivity contribution >= 4 is 46.1 Å². The first-order valence-electron chi connectivity index (χ1n) is 7.73. The molecule has 0 radical (unpaired) electrons. The van der Waals surface area contributed by atoms with Gasteiger partial charge in [0.25, 0.3) is 5.91 Å². The zero-order valence-electron chi connectivity index (χ0n) is 13.2. The summed E-state index contributed by atoms with van der Waals surface area (Å²) in [7, 11) is 0. The SMILES string of the molecule is Cl.O=C(Nc1nnc(-c2ccsc2)s1)c1ccn(C2CCCNC2)n1. The standard InChI is InChI=1S/C15H16N6OS2.ClH/c22-13(12-3-6-21(20-12)11-2-1-5-16-8-11)17-15-19-18-14(24-15)10-4-7-23-9-10;/h3-4,6-7,9,11,16H,1-2,5,8H2,(H,17,19,22);1H. The summed E-state index contributed by atoms with van der Waals surface area (Å²) in [5.74, 6) is -0.259. The molecule has 10 heteroatoms. The van der Waals surface area contributed by atoms with Crippen molar-refractivity contribution in [1.82, 2.24) is 25.3 Å². The van der Waals surface area contributed by atoms with Crippen LogP contribution in [-0.4, -0.2) is 39.0 Å². The van der Waals surface area contributed by atoms with E-state index in [0.717, 1.165) is 36.5 Å². The van der Waals surface area contributed by atoms with Gasteiger partial charge in [0.1, 0.15) is 5.01 Å². The van der Waals surface area contributed by atoms with E-state index in [1.54, 1.807) is 17.4 Å². The van der Waals surface area contributed by atoms with Crippen LogP contribution in [-0.2, 0) is 0 Å². The van der Waals surface area contributed by atoms with Crippen molar-refractivity contribution < 1.29 is 4.79 Å². The number of nitrogens with one attached hydrogen (secondary N) is 2. The van der Waals surface area contributed by atoms with Crippen LogP contribution in [0.1, 0.15) is 29.4 Å². The van der Waals surface area contributed by atoms with Gasteiger partial charge in [-0.05, 0) is 36.9 Å². The molecule has 2 N–H and O–H groups in total. The smallest absolute Gasteiger partial charge is 0.277 e. The van der Waals surface area contributed by atoms with Crippen LogP contribution >= 0.6 is 35.1 Å². The lowest BCUT2D eigenvalue weighted by molar-refractivity contribution is 0.102. The number of amides is 1. The molecule has 1 aliphatic heterocycles. The van der Waals surface area contributed by atoms with Gasteiger partial charge in [0.05, 0.1) is 6.04 Å². The molecule has 0 aliphatic carbocycles. The van der Waals surface area contributed by atoms with Gasteiger partial charge in [-0.3, -0.25) is 14.8 Å². The predicted octanol–water partition coefficient (Wildman–Crippen LogP) is 3.06. The molecule has 3 aromatic heterocycles. The van der Waals surface area contributed by atoms with Crippen molar-refractivity contribution in [3.05, 3.63) is 34.8 Å². The summed E-state index contributed by atoms with van der Waals surface area (Å²) in [6.45, 7) is 1.94. The fourth-order valence-electron chi connectivity index (χ4n) is 2.66. The second-order valence-corrected chi connectivity index (χ2v) is 7.32. The Morgan fingerprint density at radius 3 is 3.04 bits per heavy atom. The lowest BCUT2D eigenvalue weighted by atomic mass is 10.1. The van der Waals surface area contributed by atoms with Crippen LogP contribution in [0.3, 0.4) is 0 Å². The summed E-state index contributed by atoms with van der Waals surface area (Å²) in [5.41, 5.74) is 1.42. The van der Waals surface area contributed by atoms with Crippen molar-refractivity contribution in [2.75, 3.05) is 18.4 Å². The van der Waals surface area contributed by atoms with Gasteiger partial charge in [-0.1, -0.05) is 11.3 Å². The van der Waals surface area contributed by atoms with Crippen molar-refractivity contribution in [1.29, 1.82) is 0 Å². The number of piperidine rings is 1. The zero-order chi connectivity index (χ0) is 16.4. The highest BCUT2D eigenvalue weighted by Gasteiger charge is 2.18. The topological polar surface area (TPSA) is 84.7 Å². The molecule has 1 unspecified atom stereocenters. The number of hydrogen-bond donors (Lipinski definition) is 2. The Bertz CT molecular complexity index is 825. The maximum atomic E-state index is 12.3. The van der Waals surface area contributed by atoms with E-state index < -0.39 is 0 Å². The molecule has 7 nitrogen and oxygen atoms in total. The van der Waals surface area contributed by atoms with Gasteiger partial charge in [-0.25, -0.2) is 0 Å². The number of halogens is 1. The summed E-state index contributed by atoms with van der Waals surface area (Å²) >= 11 is 2.96. The van der Waals surface area contributed by atoms with Crippen LogP contribution in [0.5, 0.6) is 0 Å². The number of rotatable bonds is 4. The highest BCUT2D eigenvalue weighted by Crippen LogP contribution is 2.28. The van der Waals surface area contributed by atoms with Crippen LogP contribution in [0, 0.1) is 0 Å². The molecule has 1 atom stereocenters. The summed E-state index contributed by atoms with van der Waals surface area (Å²) in [4.78, 5) is 12.3. The highest BCUT2D eigenvalue weighted by atomic mass is 35.5. The number of hydrogen-bond acceptors (Lipinski definition) is 7. The summed E-state index contributed by atoms with van der Waals surface area (Å²) in [5, 5.41) is 23.9. The molecule has 0 saturated carbocycles. The van der Waals surface area contributed by atoms with Gasteiger partial charge in [-0.2, -0.15) is 16.4 Å². The molecule has 1 aliphatic rings. The minimum Gasteiger partial charge on any atom is -0.315 e. The third-order valence-electron chi connectivity index (χ3n) is 3.90. The molecule has 0 aromatic carbocycles. The molecule has 1 saturated heterocycles. The van der Waals surface area contributed by atoms with Crippen LogP contribution in [0.25, 0.3) is 10.6 Å². The lowest BCUT2D eigenvalue weighted by Crippen LogP contribution is -2.32. The molecule has 0 spiro atoms. The maximum Gasteiger partial charge on any atom is 0.277 e. The minimum absolute atomic E-state index is 0. The Hall–Kier alpha value is -1.81. The Labute approximate surface area is 158 Å². The number of anilines is 1. The highest BCUT2D eigenvalue weighted by molar-refractivity contribution is 7.19. The van der Waals surface area contributed by atoms with Crippen LogP contribution in [0.15, 0.2) is 29.1 Å². The first-order valence-corrected chi connectivity index (χ1v) is 9.49. The fourth-order valence-corrected chi connectivity index (χ4v) is 4.11. The van der Waals surface area contributed by atoms with Gasteiger partial charge >= 0.3 is 0 Å². The molecule has 1 fully saturated rings. The van der Waals surface area contributed by atoms with Crippen molar-refractivity contribution in [2.45, 2.75) is 18.9 Å². The monoisotopic (exact) mass is 396 g/mol. The Balaban J connectivity index is 0.00000182. The van der Waals surface area contributed by atoms with Crippen LogP contribution in [0.2, 0.25) is 0 Å². The van der Waals surface area contributed by atoms with Gasteiger partial charge in [0.15, 0.2) is 5.69 Å². The maximum absolute atomic E-state index is 12.3. The summed E-state index contributed by atoms with van der Waals surface area (Å²) < 4.78 is 1.87. The second kappa shape index (κ2) is 8.05. The van der Waals surface area contributed by atoms with E-state index >= 15 is 0 Å². The van der Waals surface area contributed by atoms with E-state index in [9.17, 15) is 4.79 Å². The zero-order valence-corrected chi connectivity index (χ0v) is 15.7. The minimum atomic E-state index is -0.259. The first kappa shape index (κ1) is 18.0. The van der Waals surface area contributed by atoms with E-state index in [1.807, 2.05) is 27.7 Å². The van der Waals surface area contributed by atoms with E-state index in [1.165, 1.54) is 11.3 Å². The Morgan fingerprint density at radius 1 is 1.36 bits per heavy atom. The molecule has 4 rings (SSSR count). The molecule has 3 aromatic rings. The van der Waals surface area contributed by atoms with Crippen LogP contribution in [0.4, 0.5) is 5.13 Å². The van der Waals surface area contributed by atoms with Crippen LogP contribution < -0.4 is 10.6 Å². The van der Waals surface area contributed by atoms with Gasteiger partial charge in [0, 0.05) is 23.7 Å². The number of aromatic nitrogens is 4. The van der Waals surface area contributed by atoms with E-state index in [4.69, 9.17) is 0 Å². The van der Waals surface area contributed by atoms with Crippen molar-refractivity contribution in [3.8, 4) is 10.6 Å². The third kappa shape index (κ3) is 4.06. The lowest BCUT2D eigenvalue weighted by Gasteiger charge is -2.22. The second-order valence-electron chi connectivity index (χ2n) is 5.56. The predicted molar refractivity (Wildman–Crippen MR) is 102 cm³/mol. The summed E-state index contributed by atoms with van der Waals surface area (Å²) in [6, 6.07) is 4.04. The number of carbonyl (C=O) groups is 1. The molecule has 132 valence electrons. The fraction of sp³-hybridized carbons (Fsp3) is 0.333. The van der Waals surface area contributed by atoms with Gasteiger partial charge in [-0.15, -0.1) is 22.6 Å². The summed E-state index contributed by atoms with van der Waals surface area (Å²) in [6.07, 6.45) is 4.07. The molecule has 0 bridgehead atoms. The number of nitrogens with zero attached hydrogens (tertiary/aromatic N) is 4. The Morgan fingerprint density at radius 2 is 2.28 bits per heavy atom. The molecular formula is C15H17ClN6OS2. The molecular weight excluding hydrogens is 380 g/mol. The number of thiophene rings is 1. The van der Waals surface area contributed by atoms with Crippen molar-refractivity contribution in [2.24, 2.45) is 0 Å². The molecule has 1 amide bonds. The third-order valence-corrected chi connectivity index (χ3v) is 5.47. The Kier molecular flexibility index (Phi) is 5.79. The molecule has 25 heavy (non-hydrogen) atoms. The average Bonchev–Trinajstić information content (AvgIpc) is 3.36. The van der Waals surface area contributed by atoms with E-state index in [-0.39, 0.29) is 18.3 Å².